The number of amides is 1. The first-order valence-corrected chi connectivity index (χ1v) is 9.89. The van der Waals surface area contributed by atoms with Crippen molar-refractivity contribution in [2.24, 2.45) is 0 Å². The highest BCUT2D eigenvalue weighted by molar-refractivity contribution is 5.92. The van der Waals surface area contributed by atoms with Gasteiger partial charge in [-0.2, -0.15) is 0 Å². The Morgan fingerprint density at radius 3 is 2.57 bits per heavy atom. The summed E-state index contributed by atoms with van der Waals surface area (Å²) in [5.74, 6) is 0.505. The van der Waals surface area contributed by atoms with E-state index in [-0.39, 0.29) is 5.91 Å². The van der Waals surface area contributed by atoms with Gasteiger partial charge in [-0.15, -0.1) is 0 Å². The average Bonchev–Trinajstić information content (AvgIpc) is 2.72. The third-order valence-electron chi connectivity index (χ3n) is 4.85. The van der Waals surface area contributed by atoms with Gasteiger partial charge in [0.25, 0.3) is 5.91 Å². The molecule has 0 bridgehead atoms. The number of benzene rings is 1. The standard InChI is InChI=1S/C21H30N6O/c1-25(2)12-6-10-22-20(28)19-9-11-23-21(24-19)27-15-13-26(14-16-27)17-18-7-4-3-5-8-18/h3-5,7-9,11H,6,10,12-17H2,1-2H3,(H,22,28). The lowest BCUT2D eigenvalue weighted by atomic mass is 10.2. The molecule has 150 valence electrons. The molecule has 1 amide bonds. The minimum Gasteiger partial charge on any atom is -0.351 e. The third kappa shape index (κ3) is 6.00. The number of nitrogens with one attached hydrogen (secondary N) is 1. The molecular formula is C21H30N6O. The zero-order chi connectivity index (χ0) is 19.8. The van der Waals surface area contributed by atoms with E-state index in [1.54, 1.807) is 12.3 Å². The molecule has 1 saturated heterocycles. The molecule has 3 rings (SSSR count). The summed E-state index contributed by atoms with van der Waals surface area (Å²) >= 11 is 0. The molecule has 0 unspecified atom stereocenters. The number of piperazine rings is 1. The van der Waals surface area contributed by atoms with E-state index < -0.39 is 0 Å². The van der Waals surface area contributed by atoms with Crippen LogP contribution in [0.4, 0.5) is 5.95 Å². The summed E-state index contributed by atoms with van der Waals surface area (Å²) in [6, 6.07) is 12.2. The van der Waals surface area contributed by atoms with E-state index >= 15 is 0 Å². The van der Waals surface area contributed by atoms with Gasteiger partial charge in [0.15, 0.2) is 0 Å². The van der Waals surface area contributed by atoms with Gasteiger partial charge < -0.3 is 15.1 Å². The maximum atomic E-state index is 12.3. The maximum Gasteiger partial charge on any atom is 0.270 e. The molecule has 1 aliphatic heterocycles. The first kappa shape index (κ1) is 20.2. The first-order chi connectivity index (χ1) is 13.6. The van der Waals surface area contributed by atoms with Crippen molar-refractivity contribution in [1.82, 2.24) is 25.1 Å². The molecule has 1 N–H and O–H groups in total. The Bertz CT molecular complexity index is 744. The Morgan fingerprint density at radius 2 is 1.86 bits per heavy atom. The van der Waals surface area contributed by atoms with E-state index in [0.29, 0.717) is 18.2 Å². The van der Waals surface area contributed by atoms with Gasteiger partial charge in [-0.25, -0.2) is 9.97 Å². The second-order valence-corrected chi connectivity index (χ2v) is 7.40. The Balaban J connectivity index is 1.49. The molecule has 28 heavy (non-hydrogen) atoms. The van der Waals surface area contributed by atoms with E-state index in [4.69, 9.17) is 0 Å². The van der Waals surface area contributed by atoms with Crippen LogP contribution in [0.2, 0.25) is 0 Å². The lowest BCUT2D eigenvalue weighted by Gasteiger charge is -2.34. The number of aromatic nitrogens is 2. The maximum absolute atomic E-state index is 12.3. The van der Waals surface area contributed by atoms with Crippen LogP contribution in [0.1, 0.15) is 22.5 Å². The SMILES string of the molecule is CN(C)CCCNC(=O)c1ccnc(N2CCN(Cc3ccccc3)CC2)n1. The van der Waals surface area contributed by atoms with Crippen molar-refractivity contribution in [2.75, 3.05) is 58.3 Å². The van der Waals surface area contributed by atoms with Crippen molar-refractivity contribution >= 4 is 11.9 Å². The quantitative estimate of drug-likeness (QED) is 0.698. The molecule has 1 fully saturated rings. The third-order valence-corrected chi connectivity index (χ3v) is 4.85. The Morgan fingerprint density at radius 1 is 1.11 bits per heavy atom. The van der Waals surface area contributed by atoms with Crippen LogP contribution < -0.4 is 10.2 Å². The van der Waals surface area contributed by atoms with Crippen LogP contribution >= 0.6 is 0 Å². The van der Waals surface area contributed by atoms with Gasteiger partial charge in [-0.1, -0.05) is 30.3 Å². The van der Waals surface area contributed by atoms with Gasteiger partial charge in [0, 0.05) is 45.5 Å². The van der Waals surface area contributed by atoms with Gasteiger partial charge in [0.1, 0.15) is 5.69 Å². The lowest BCUT2D eigenvalue weighted by Crippen LogP contribution is -2.46. The summed E-state index contributed by atoms with van der Waals surface area (Å²) in [7, 11) is 4.05. The fourth-order valence-corrected chi connectivity index (χ4v) is 3.26. The van der Waals surface area contributed by atoms with Crippen LogP contribution in [0.5, 0.6) is 0 Å². The highest BCUT2D eigenvalue weighted by atomic mass is 16.1. The second-order valence-electron chi connectivity index (χ2n) is 7.40. The highest BCUT2D eigenvalue weighted by Crippen LogP contribution is 2.13. The van der Waals surface area contributed by atoms with Crippen LogP contribution in [0.15, 0.2) is 42.6 Å². The Kier molecular flexibility index (Phi) is 7.33. The predicted molar refractivity (Wildman–Crippen MR) is 111 cm³/mol. The Labute approximate surface area is 167 Å². The van der Waals surface area contributed by atoms with Crippen molar-refractivity contribution in [3.05, 3.63) is 53.9 Å². The summed E-state index contributed by atoms with van der Waals surface area (Å²) in [6.07, 6.45) is 2.59. The van der Waals surface area contributed by atoms with Crippen molar-refractivity contribution in [2.45, 2.75) is 13.0 Å². The van der Waals surface area contributed by atoms with Crippen LogP contribution in [0.3, 0.4) is 0 Å². The molecule has 0 spiro atoms. The summed E-state index contributed by atoms with van der Waals surface area (Å²) in [4.78, 5) is 27.9. The number of hydrogen-bond donors (Lipinski definition) is 1. The van der Waals surface area contributed by atoms with Crippen LogP contribution in [-0.2, 0) is 6.54 Å². The Hall–Kier alpha value is -2.51. The number of rotatable bonds is 8. The summed E-state index contributed by atoms with van der Waals surface area (Å²) in [5, 5.41) is 2.94. The minimum absolute atomic E-state index is 0.134. The van der Waals surface area contributed by atoms with E-state index in [1.165, 1.54) is 5.56 Å². The molecular weight excluding hydrogens is 352 g/mol. The smallest absolute Gasteiger partial charge is 0.270 e. The fraction of sp³-hybridized carbons (Fsp3) is 0.476. The zero-order valence-electron chi connectivity index (χ0n) is 16.8. The van der Waals surface area contributed by atoms with E-state index in [2.05, 4.69) is 54.2 Å². The van der Waals surface area contributed by atoms with Crippen molar-refractivity contribution in [3.8, 4) is 0 Å². The monoisotopic (exact) mass is 382 g/mol. The summed E-state index contributed by atoms with van der Waals surface area (Å²) in [6.45, 7) is 6.20. The number of carbonyl (C=O) groups excluding carboxylic acids is 1. The fourth-order valence-electron chi connectivity index (χ4n) is 3.26. The van der Waals surface area contributed by atoms with Crippen LogP contribution in [0.25, 0.3) is 0 Å². The number of nitrogens with zero attached hydrogens (tertiary/aromatic N) is 5. The average molecular weight is 383 g/mol. The van der Waals surface area contributed by atoms with Gasteiger partial charge >= 0.3 is 0 Å². The van der Waals surface area contributed by atoms with E-state index in [9.17, 15) is 4.79 Å². The number of carbonyl (C=O) groups is 1. The molecule has 0 aliphatic carbocycles. The highest BCUT2D eigenvalue weighted by Gasteiger charge is 2.20. The molecule has 1 aliphatic rings. The summed E-state index contributed by atoms with van der Waals surface area (Å²) in [5.41, 5.74) is 1.77. The lowest BCUT2D eigenvalue weighted by molar-refractivity contribution is 0.0947. The zero-order valence-corrected chi connectivity index (χ0v) is 16.8. The van der Waals surface area contributed by atoms with Gasteiger partial charge in [-0.05, 0) is 38.7 Å². The molecule has 2 aromatic rings. The van der Waals surface area contributed by atoms with Gasteiger partial charge in [-0.3, -0.25) is 9.69 Å². The van der Waals surface area contributed by atoms with Gasteiger partial charge in [0.2, 0.25) is 5.95 Å². The summed E-state index contributed by atoms with van der Waals surface area (Å²) < 4.78 is 0. The second kappa shape index (κ2) is 10.1. The molecule has 0 radical (unpaired) electrons. The molecule has 7 heteroatoms. The molecule has 1 aromatic carbocycles. The molecule has 7 nitrogen and oxygen atoms in total. The minimum atomic E-state index is -0.134. The first-order valence-electron chi connectivity index (χ1n) is 9.89. The van der Waals surface area contributed by atoms with Crippen molar-refractivity contribution < 1.29 is 4.79 Å². The van der Waals surface area contributed by atoms with Gasteiger partial charge in [0.05, 0.1) is 0 Å². The number of hydrogen-bond acceptors (Lipinski definition) is 6. The normalized spacial score (nSPS) is 15.0. The topological polar surface area (TPSA) is 64.6 Å². The molecule has 2 heterocycles. The molecule has 0 saturated carbocycles. The molecule has 1 aromatic heterocycles. The van der Waals surface area contributed by atoms with E-state index in [1.807, 2.05) is 20.2 Å². The van der Waals surface area contributed by atoms with Crippen LogP contribution in [0, 0.1) is 0 Å². The largest absolute Gasteiger partial charge is 0.351 e. The predicted octanol–water partition coefficient (Wildman–Crippen LogP) is 1.48. The number of anilines is 1. The van der Waals surface area contributed by atoms with Crippen LogP contribution in [-0.4, -0.2) is 79.0 Å². The molecule has 0 atom stereocenters. The van der Waals surface area contributed by atoms with Crippen molar-refractivity contribution in [3.63, 3.8) is 0 Å². The van der Waals surface area contributed by atoms with Crippen molar-refractivity contribution in [1.29, 1.82) is 0 Å². The van der Waals surface area contributed by atoms with E-state index in [0.717, 1.165) is 45.7 Å².